The van der Waals surface area contributed by atoms with Crippen LogP contribution in [-0.2, 0) is 6.18 Å². The van der Waals surface area contributed by atoms with Gasteiger partial charge in [-0.05, 0) is 32.0 Å². The summed E-state index contributed by atoms with van der Waals surface area (Å²) < 4.78 is 38.9. The summed E-state index contributed by atoms with van der Waals surface area (Å²) in [4.78, 5) is 7.50. The summed E-state index contributed by atoms with van der Waals surface area (Å²) in [5.74, 6) is -0.140. The smallest absolute Gasteiger partial charge is 0.352 e. The van der Waals surface area contributed by atoms with E-state index < -0.39 is 11.9 Å². The predicted octanol–water partition coefficient (Wildman–Crippen LogP) is 5.37. The van der Waals surface area contributed by atoms with Gasteiger partial charge in [-0.15, -0.1) is 0 Å². The van der Waals surface area contributed by atoms with Crippen molar-refractivity contribution >= 4 is 40.7 Å². The van der Waals surface area contributed by atoms with Gasteiger partial charge in [-0.2, -0.15) is 18.2 Å². The second-order valence-corrected chi connectivity index (χ2v) is 5.91. The molecule has 0 unspecified atom stereocenters. The Labute approximate surface area is 141 Å². The van der Waals surface area contributed by atoms with E-state index in [2.05, 4.69) is 20.6 Å². The van der Waals surface area contributed by atoms with Crippen LogP contribution < -0.4 is 10.6 Å². The number of hydrogen-bond acceptors (Lipinski definition) is 4. The molecule has 0 fully saturated rings. The Balaban J connectivity index is 2.40. The first kappa shape index (κ1) is 17.6. The topological polar surface area (TPSA) is 49.8 Å². The van der Waals surface area contributed by atoms with E-state index in [-0.39, 0.29) is 17.8 Å². The Bertz CT molecular complexity index is 685. The van der Waals surface area contributed by atoms with E-state index >= 15 is 0 Å². The quantitative estimate of drug-likeness (QED) is 0.765. The van der Waals surface area contributed by atoms with E-state index in [4.69, 9.17) is 23.2 Å². The molecule has 1 heterocycles. The van der Waals surface area contributed by atoms with Crippen LogP contribution in [0.4, 0.5) is 30.6 Å². The number of benzene rings is 1. The first-order valence-electron chi connectivity index (χ1n) is 6.59. The average Bonchev–Trinajstić information content (AvgIpc) is 2.34. The van der Waals surface area contributed by atoms with Crippen LogP contribution in [0.2, 0.25) is 10.0 Å². The van der Waals surface area contributed by atoms with E-state index in [1.807, 2.05) is 0 Å². The van der Waals surface area contributed by atoms with Crippen LogP contribution in [0.25, 0.3) is 0 Å². The highest BCUT2D eigenvalue weighted by Crippen LogP contribution is 2.31. The number of halogens is 5. The van der Waals surface area contributed by atoms with E-state index in [9.17, 15) is 13.2 Å². The molecule has 9 heteroatoms. The SMILES string of the molecule is CC(C)Nc1nc(Nc2cc(Cl)cc(Cl)c2)cc(C(F)(F)F)n1. The number of hydrogen-bond donors (Lipinski definition) is 2. The summed E-state index contributed by atoms with van der Waals surface area (Å²) in [5, 5.41) is 6.21. The fraction of sp³-hybridized carbons (Fsp3) is 0.286. The molecule has 0 amide bonds. The molecule has 2 rings (SSSR count). The maximum Gasteiger partial charge on any atom is 0.433 e. The van der Waals surface area contributed by atoms with Gasteiger partial charge < -0.3 is 10.6 Å². The highest BCUT2D eigenvalue weighted by Gasteiger charge is 2.33. The molecular formula is C14H13Cl2F3N4. The van der Waals surface area contributed by atoms with Crippen molar-refractivity contribution in [2.75, 3.05) is 10.6 Å². The van der Waals surface area contributed by atoms with E-state index in [0.29, 0.717) is 15.7 Å². The molecule has 23 heavy (non-hydrogen) atoms. The van der Waals surface area contributed by atoms with Crippen LogP contribution in [0, 0.1) is 0 Å². The van der Waals surface area contributed by atoms with Crippen molar-refractivity contribution < 1.29 is 13.2 Å². The summed E-state index contributed by atoms with van der Waals surface area (Å²) >= 11 is 11.7. The van der Waals surface area contributed by atoms with Crippen LogP contribution in [-0.4, -0.2) is 16.0 Å². The Morgan fingerprint density at radius 3 is 2.13 bits per heavy atom. The molecule has 0 saturated carbocycles. The molecule has 0 aliphatic carbocycles. The minimum Gasteiger partial charge on any atom is -0.352 e. The van der Waals surface area contributed by atoms with Crippen molar-refractivity contribution in [2.45, 2.75) is 26.1 Å². The van der Waals surface area contributed by atoms with Crippen molar-refractivity contribution in [2.24, 2.45) is 0 Å². The van der Waals surface area contributed by atoms with E-state index in [0.717, 1.165) is 6.07 Å². The minimum atomic E-state index is -4.58. The molecule has 0 spiro atoms. The number of nitrogens with zero attached hydrogens (tertiary/aromatic N) is 2. The summed E-state index contributed by atoms with van der Waals surface area (Å²) in [5.41, 5.74) is -0.629. The molecular weight excluding hydrogens is 352 g/mol. The van der Waals surface area contributed by atoms with E-state index in [1.165, 1.54) is 18.2 Å². The maximum atomic E-state index is 13.0. The summed E-state index contributed by atoms with van der Waals surface area (Å²) in [6, 6.07) is 5.27. The highest BCUT2D eigenvalue weighted by atomic mass is 35.5. The average molecular weight is 365 g/mol. The first-order chi connectivity index (χ1) is 10.6. The molecule has 0 radical (unpaired) electrons. The molecule has 1 aromatic heterocycles. The fourth-order valence-corrected chi connectivity index (χ4v) is 2.28. The zero-order chi connectivity index (χ0) is 17.2. The van der Waals surface area contributed by atoms with Crippen molar-refractivity contribution in [3.63, 3.8) is 0 Å². The molecule has 0 aliphatic heterocycles. The molecule has 1 aromatic carbocycles. The second-order valence-electron chi connectivity index (χ2n) is 5.04. The predicted molar refractivity (Wildman–Crippen MR) is 85.5 cm³/mol. The Hall–Kier alpha value is -1.73. The zero-order valence-corrected chi connectivity index (χ0v) is 13.7. The molecule has 4 nitrogen and oxygen atoms in total. The molecule has 2 N–H and O–H groups in total. The van der Waals surface area contributed by atoms with Gasteiger partial charge in [0, 0.05) is 27.8 Å². The van der Waals surface area contributed by atoms with Crippen molar-refractivity contribution in [3.8, 4) is 0 Å². The number of aromatic nitrogens is 2. The Kier molecular flexibility index (Phi) is 5.21. The van der Waals surface area contributed by atoms with Crippen molar-refractivity contribution in [1.82, 2.24) is 9.97 Å². The standard InChI is InChI=1S/C14H13Cl2F3N4/c1-7(2)20-13-22-11(14(17,18)19)6-12(23-13)21-10-4-8(15)3-9(16)5-10/h3-7H,1-2H3,(H2,20,21,22,23). The lowest BCUT2D eigenvalue weighted by molar-refractivity contribution is -0.141. The monoisotopic (exact) mass is 364 g/mol. The van der Waals surface area contributed by atoms with Gasteiger partial charge in [0.15, 0.2) is 5.69 Å². The van der Waals surface area contributed by atoms with Gasteiger partial charge in [0.1, 0.15) is 5.82 Å². The lowest BCUT2D eigenvalue weighted by Gasteiger charge is -2.14. The van der Waals surface area contributed by atoms with Gasteiger partial charge in [-0.3, -0.25) is 0 Å². The fourth-order valence-electron chi connectivity index (χ4n) is 1.75. The third kappa shape index (κ3) is 5.14. The molecule has 0 aliphatic rings. The third-order valence-electron chi connectivity index (χ3n) is 2.57. The van der Waals surface area contributed by atoms with Gasteiger partial charge in [0.25, 0.3) is 0 Å². The lowest BCUT2D eigenvalue weighted by atomic mass is 10.3. The van der Waals surface area contributed by atoms with Crippen molar-refractivity contribution in [1.29, 1.82) is 0 Å². The normalized spacial score (nSPS) is 11.7. The van der Waals surface area contributed by atoms with Crippen molar-refractivity contribution in [3.05, 3.63) is 40.0 Å². The molecule has 2 aromatic rings. The maximum absolute atomic E-state index is 13.0. The van der Waals surface area contributed by atoms with Gasteiger partial charge in [-0.25, -0.2) is 4.98 Å². The van der Waals surface area contributed by atoms with Crippen LogP contribution in [0.3, 0.4) is 0 Å². The van der Waals surface area contributed by atoms with Crippen LogP contribution in [0.1, 0.15) is 19.5 Å². The van der Waals surface area contributed by atoms with E-state index in [1.54, 1.807) is 13.8 Å². The molecule has 0 atom stereocenters. The lowest BCUT2D eigenvalue weighted by Crippen LogP contribution is -2.17. The summed E-state index contributed by atoms with van der Waals surface area (Å²) in [6.07, 6.45) is -4.58. The van der Waals surface area contributed by atoms with Gasteiger partial charge in [0.2, 0.25) is 5.95 Å². The van der Waals surface area contributed by atoms with Crippen LogP contribution in [0.15, 0.2) is 24.3 Å². The Morgan fingerprint density at radius 2 is 1.61 bits per heavy atom. The number of rotatable bonds is 4. The number of nitrogens with one attached hydrogen (secondary N) is 2. The largest absolute Gasteiger partial charge is 0.433 e. The minimum absolute atomic E-state index is 0.0196. The number of anilines is 3. The number of alkyl halides is 3. The third-order valence-corrected chi connectivity index (χ3v) is 3.01. The second kappa shape index (κ2) is 6.80. The summed E-state index contributed by atoms with van der Waals surface area (Å²) in [6.45, 7) is 3.54. The summed E-state index contributed by atoms with van der Waals surface area (Å²) in [7, 11) is 0. The Morgan fingerprint density at radius 1 is 1.00 bits per heavy atom. The van der Waals surface area contributed by atoms with Crippen LogP contribution in [0.5, 0.6) is 0 Å². The van der Waals surface area contributed by atoms with Gasteiger partial charge in [-0.1, -0.05) is 23.2 Å². The molecule has 0 bridgehead atoms. The van der Waals surface area contributed by atoms with Gasteiger partial charge in [0.05, 0.1) is 0 Å². The highest BCUT2D eigenvalue weighted by molar-refractivity contribution is 6.35. The van der Waals surface area contributed by atoms with Gasteiger partial charge >= 0.3 is 6.18 Å². The molecule has 0 saturated heterocycles. The van der Waals surface area contributed by atoms with Crippen LogP contribution >= 0.6 is 23.2 Å². The zero-order valence-electron chi connectivity index (χ0n) is 12.2. The molecule has 124 valence electrons. The first-order valence-corrected chi connectivity index (χ1v) is 7.35.